The number of fused-ring (bicyclic) bond motifs is 2. The second kappa shape index (κ2) is 8.60. The highest BCUT2D eigenvalue weighted by atomic mass is 32.2. The number of nitrogens with two attached hydrogens (primary N) is 1. The minimum Gasteiger partial charge on any atom is -0.489 e. The first-order chi connectivity index (χ1) is 15.9. The van der Waals surface area contributed by atoms with Crippen LogP contribution in [0.4, 0.5) is 18.9 Å². The molecule has 14 heteroatoms. The van der Waals surface area contributed by atoms with E-state index < -0.39 is 51.4 Å². The highest BCUT2D eigenvalue weighted by molar-refractivity contribution is 7.89. The summed E-state index contributed by atoms with van der Waals surface area (Å²) < 4.78 is 75.9. The van der Waals surface area contributed by atoms with Crippen LogP contribution in [0, 0.1) is 23.4 Å². The van der Waals surface area contributed by atoms with E-state index in [1.165, 1.54) is 29.6 Å². The molecule has 1 aromatic heterocycles. The molecule has 0 radical (unpaired) electrons. The van der Waals surface area contributed by atoms with Gasteiger partial charge in [-0.05, 0) is 6.92 Å². The van der Waals surface area contributed by atoms with E-state index in [9.17, 15) is 31.2 Å². The maximum Gasteiger partial charge on any atom is 0.276 e. The van der Waals surface area contributed by atoms with Gasteiger partial charge in [0.1, 0.15) is 4.90 Å². The predicted octanol–water partition coefficient (Wildman–Crippen LogP) is 0.540. The predicted molar refractivity (Wildman–Crippen MR) is 113 cm³/mol. The molecule has 4 rings (SSSR count). The number of sulfonamides is 1. The van der Waals surface area contributed by atoms with E-state index in [1.54, 1.807) is 0 Å². The van der Waals surface area contributed by atoms with Crippen LogP contribution in [-0.4, -0.2) is 61.5 Å². The summed E-state index contributed by atoms with van der Waals surface area (Å²) in [7, 11) is -2.77. The Balaban J connectivity index is 1.64. The third-order valence-corrected chi connectivity index (χ3v) is 7.22. The summed E-state index contributed by atoms with van der Waals surface area (Å²) in [5, 5.41) is 2.22. The third kappa shape index (κ3) is 4.23. The Labute approximate surface area is 192 Å². The van der Waals surface area contributed by atoms with Crippen molar-refractivity contribution >= 4 is 27.5 Å². The molecule has 3 atom stereocenters. The fraction of sp³-hybridized carbons (Fsp3) is 0.400. The number of nitrogens with zero attached hydrogens (tertiary/aromatic N) is 2. The zero-order chi connectivity index (χ0) is 24.9. The van der Waals surface area contributed by atoms with E-state index in [1.807, 2.05) is 0 Å². The second-order valence-electron chi connectivity index (χ2n) is 8.32. The van der Waals surface area contributed by atoms with Gasteiger partial charge >= 0.3 is 0 Å². The number of anilines is 1. The van der Waals surface area contributed by atoms with Crippen LogP contribution in [-0.2, 0) is 21.9 Å². The second-order valence-corrected chi connectivity index (χ2v) is 10.0. The van der Waals surface area contributed by atoms with Crippen molar-refractivity contribution in [3.05, 3.63) is 41.5 Å². The number of hydrogen-bond donors (Lipinski definition) is 3. The zero-order valence-electron chi connectivity index (χ0n) is 18.1. The van der Waals surface area contributed by atoms with Crippen molar-refractivity contribution < 1.29 is 35.9 Å². The minimum absolute atomic E-state index is 0.0208. The van der Waals surface area contributed by atoms with Crippen molar-refractivity contribution in [3.8, 4) is 5.75 Å². The first-order valence-corrected chi connectivity index (χ1v) is 11.7. The Morgan fingerprint density at radius 2 is 1.88 bits per heavy atom. The lowest BCUT2D eigenvalue weighted by Crippen LogP contribution is -2.44. The first kappa shape index (κ1) is 24.0. The monoisotopic (exact) mass is 501 g/mol. The fourth-order valence-corrected chi connectivity index (χ4v) is 5.57. The van der Waals surface area contributed by atoms with Crippen LogP contribution in [0.5, 0.6) is 5.75 Å². The Morgan fingerprint density at radius 1 is 1.24 bits per heavy atom. The number of amides is 2. The van der Waals surface area contributed by atoms with Crippen LogP contribution in [0.3, 0.4) is 0 Å². The van der Waals surface area contributed by atoms with Gasteiger partial charge in [-0.2, -0.15) is 0 Å². The molecule has 3 heterocycles. The van der Waals surface area contributed by atoms with Gasteiger partial charge in [0.25, 0.3) is 5.91 Å². The summed E-state index contributed by atoms with van der Waals surface area (Å²) in [5.41, 5.74) is 5.05. The average molecular weight is 501 g/mol. The largest absolute Gasteiger partial charge is 0.489 e. The first-order valence-electron chi connectivity index (χ1n) is 10.2. The maximum absolute atomic E-state index is 13.5. The van der Waals surface area contributed by atoms with Gasteiger partial charge in [0.05, 0.1) is 12.6 Å². The molecule has 34 heavy (non-hydrogen) atoms. The van der Waals surface area contributed by atoms with E-state index in [0.29, 0.717) is 12.1 Å². The summed E-state index contributed by atoms with van der Waals surface area (Å²) in [5.74, 6) is -6.62. The van der Waals surface area contributed by atoms with E-state index in [0.717, 1.165) is 0 Å². The highest BCUT2D eigenvalue weighted by Gasteiger charge is 2.42. The van der Waals surface area contributed by atoms with Gasteiger partial charge < -0.3 is 25.3 Å². The van der Waals surface area contributed by atoms with Gasteiger partial charge in [0, 0.05) is 56.1 Å². The Kier molecular flexibility index (Phi) is 6.08. The van der Waals surface area contributed by atoms with Crippen LogP contribution in [0.2, 0.25) is 0 Å². The summed E-state index contributed by atoms with van der Waals surface area (Å²) >= 11 is 0. The summed E-state index contributed by atoms with van der Waals surface area (Å²) in [6.07, 6.45) is 1.17. The Morgan fingerprint density at radius 3 is 2.50 bits per heavy atom. The fourth-order valence-electron chi connectivity index (χ4n) is 4.08. The summed E-state index contributed by atoms with van der Waals surface area (Å²) in [4.78, 5) is 26.3. The van der Waals surface area contributed by atoms with E-state index >= 15 is 0 Å². The Bertz CT molecular complexity index is 1260. The molecule has 1 aromatic carbocycles. The standard InChI is InChI=1S/C20H22F3N5O5S/c1-9(24)20(30)28-5-10-8-33-18-15(34(31,32)26-14(10)6-28)7-27(2)17(18)19(29)25-11-3-12(21)16(23)13(22)4-11/h3-4,7,9-10,14,26H,5-6,8,24H2,1-2H3,(H,25,29)/t9-,10?,14?/m0/s1. The van der Waals surface area contributed by atoms with Crippen molar-refractivity contribution in [1.29, 1.82) is 0 Å². The molecule has 2 aliphatic rings. The number of nitrogens with one attached hydrogen (secondary N) is 2. The normalized spacial score (nSPS) is 22.1. The molecule has 2 amide bonds. The van der Waals surface area contributed by atoms with Gasteiger partial charge in [-0.25, -0.2) is 26.3 Å². The van der Waals surface area contributed by atoms with E-state index in [4.69, 9.17) is 10.5 Å². The van der Waals surface area contributed by atoms with E-state index in [2.05, 4.69) is 10.0 Å². The molecule has 10 nitrogen and oxygen atoms in total. The number of rotatable bonds is 3. The SMILES string of the molecule is C[C@H](N)C(=O)N1CC2COc3c(cn(C)c3C(=O)Nc3cc(F)c(F)c(F)c3)S(=O)(=O)NC2C1. The number of aryl methyl sites for hydroxylation is 1. The molecule has 2 unspecified atom stereocenters. The lowest BCUT2D eigenvalue weighted by atomic mass is 10.1. The molecule has 1 saturated heterocycles. The molecule has 2 aliphatic heterocycles. The van der Waals surface area contributed by atoms with Crippen LogP contribution in [0.1, 0.15) is 17.4 Å². The lowest BCUT2D eigenvalue weighted by Gasteiger charge is -2.23. The van der Waals surface area contributed by atoms with Crippen molar-refractivity contribution in [2.24, 2.45) is 18.7 Å². The Hall–Kier alpha value is -3.10. The van der Waals surface area contributed by atoms with Gasteiger partial charge in [-0.15, -0.1) is 0 Å². The van der Waals surface area contributed by atoms with Gasteiger partial charge in [-0.1, -0.05) is 0 Å². The number of aromatic nitrogens is 1. The minimum atomic E-state index is -4.17. The third-order valence-electron chi connectivity index (χ3n) is 5.74. The van der Waals surface area contributed by atoms with E-state index in [-0.39, 0.29) is 47.6 Å². The van der Waals surface area contributed by atoms with Crippen LogP contribution in [0.15, 0.2) is 23.2 Å². The molecule has 4 N–H and O–H groups in total. The summed E-state index contributed by atoms with van der Waals surface area (Å²) in [6.45, 7) is 1.83. The quantitative estimate of drug-likeness (QED) is 0.526. The number of benzene rings is 1. The maximum atomic E-state index is 13.5. The van der Waals surface area contributed by atoms with Gasteiger partial charge in [-0.3, -0.25) is 9.59 Å². The topological polar surface area (TPSA) is 136 Å². The number of hydrogen-bond acceptors (Lipinski definition) is 6. The average Bonchev–Trinajstić information content (AvgIpc) is 3.29. The molecule has 2 aromatic rings. The van der Waals surface area contributed by atoms with Gasteiger partial charge in [0.15, 0.2) is 28.9 Å². The molecular formula is C20H22F3N5O5S. The number of likely N-dealkylation sites (tertiary alicyclic amines) is 1. The van der Waals surface area contributed by atoms with Gasteiger partial charge in [0.2, 0.25) is 15.9 Å². The molecule has 184 valence electrons. The van der Waals surface area contributed by atoms with Crippen LogP contribution < -0.4 is 20.5 Å². The molecule has 0 bridgehead atoms. The van der Waals surface area contributed by atoms with Crippen molar-refractivity contribution in [2.75, 3.05) is 25.0 Å². The number of ether oxygens (including phenoxy) is 1. The number of carbonyl (C=O) groups excluding carboxylic acids is 2. The van der Waals surface area contributed by atoms with Crippen molar-refractivity contribution in [1.82, 2.24) is 14.2 Å². The number of carbonyl (C=O) groups is 2. The highest BCUT2D eigenvalue weighted by Crippen LogP contribution is 2.35. The molecule has 0 saturated carbocycles. The molecule has 0 spiro atoms. The number of halogens is 3. The van der Waals surface area contributed by atoms with Crippen LogP contribution >= 0.6 is 0 Å². The molecule has 1 fully saturated rings. The smallest absolute Gasteiger partial charge is 0.276 e. The molecule has 0 aliphatic carbocycles. The summed E-state index contributed by atoms with van der Waals surface area (Å²) in [6, 6.07) is -0.190. The van der Waals surface area contributed by atoms with Crippen molar-refractivity contribution in [2.45, 2.75) is 23.9 Å². The lowest BCUT2D eigenvalue weighted by molar-refractivity contribution is -0.131. The zero-order valence-corrected chi connectivity index (χ0v) is 19.0. The molecular weight excluding hydrogens is 479 g/mol. The van der Waals surface area contributed by atoms with Crippen molar-refractivity contribution in [3.63, 3.8) is 0 Å². The van der Waals surface area contributed by atoms with Crippen LogP contribution in [0.25, 0.3) is 0 Å².